The van der Waals surface area contributed by atoms with Gasteiger partial charge in [-0.15, -0.1) is 11.3 Å². The molecule has 0 spiro atoms. The molecule has 0 bridgehead atoms. The van der Waals surface area contributed by atoms with Crippen molar-refractivity contribution in [3.63, 3.8) is 0 Å². The first-order chi connectivity index (χ1) is 9.95. The third-order valence-electron chi connectivity index (χ3n) is 2.94. The van der Waals surface area contributed by atoms with Crippen LogP contribution in [0, 0.1) is 20.8 Å². The van der Waals surface area contributed by atoms with Gasteiger partial charge in [-0.1, -0.05) is 17.7 Å². The molecule has 1 aromatic heterocycles. The number of ether oxygens (including phenoxy) is 1. The second kappa shape index (κ2) is 6.54. The highest BCUT2D eigenvalue weighted by Gasteiger charge is 2.07. The Labute approximate surface area is 127 Å². The lowest BCUT2D eigenvalue weighted by molar-refractivity contribution is -0.131. The summed E-state index contributed by atoms with van der Waals surface area (Å²) < 4.78 is 5.78. The van der Waals surface area contributed by atoms with Crippen molar-refractivity contribution in [2.75, 3.05) is 0 Å². The Bertz CT molecular complexity index is 689. The van der Waals surface area contributed by atoms with Gasteiger partial charge in [-0.05, 0) is 38.5 Å². The van der Waals surface area contributed by atoms with Gasteiger partial charge in [0.1, 0.15) is 17.4 Å². The molecule has 2 rings (SSSR count). The standard InChI is InChI=1S/C16H17NO3S/c1-10-4-5-13(11(2)8-10)20-9-15-17-12(3)14(21-15)6-7-16(18)19/h4-8H,9H2,1-3H3,(H,18,19)/b7-6+. The summed E-state index contributed by atoms with van der Waals surface area (Å²) in [5.74, 6) is -0.119. The number of aromatic nitrogens is 1. The molecule has 1 heterocycles. The van der Waals surface area contributed by atoms with Crippen LogP contribution in [0.1, 0.15) is 26.7 Å². The Morgan fingerprint density at radius 2 is 2.14 bits per heavy atom. The second-order valence-electron chi connectivity index (χ2n) is 4.79. The first-order valence-electron chi connectivity index (χ1n) is 6.53. The van der Waals surface area contributed by atoms with E-state index in [0.29, 0.717) is 6.61 Å². The summed E-state index contributed by atoms with van der Waals surface area (Å²) in [6.07, 6.45) is 2.69. The summed E-state index contributed by atoms with van der Waals surface area (Å²) in [5, 5.41) is 9.48. The van der Waals surface area contributed by atoms with Crippen LogP contribution in [0.4, 0.5) is 0 Å². The molecule has 0 atom stereocenters. The molecule has 0 aliphatic carbocycles. The molecule has 5 heteroatoms. The van der Waals surface area contributed by atoms with Crippen LogP contribution in [0.15, 0.2) is 24.3 Å². The SMILES string of the molecule is Cc1ccc(OCc2nc(C)c(/C=C/C(=O)O)s2)c(C)c1. The Hall–Kier alpha value is -2.14. The lowest BCUT2D eigenvalue weighted by Crippen LogP contribution is -1.96. The van der Waals surface area contributed by atoms with E-state index in [-0.39, 0.29) is 0 Å². The zero-order chi connectivity index (χ0) is 15.4. The van der Waals surface area contributed by atoms with Gasteiger partial charge in [0.2, 0.25) is 0 Å². The predicted molar refractivity (Wildman–Crippen MR) is 83.8 cm³/mol. The number of benzene rings is 1. The maximum atomic E-state index is 10.5. The van der Waals surface area contributed by atoms with E-state index >= 15 is 0 Å². The number of carboxylic acid groups (broad SMARTS) is 1. The second-order valence-corrected chi connectivity index (χ2v) is 5.90. The molecule has 4 nitrogen and oxygen atoms in total. The molecule has 0 aliphatic rings. The first kappa shape index (κ1) is 15.3. The van der Waals surface area contributed by atoms with Crippen molar-refractivity contribution in [3.8, 4) is 5.75 Å². The van der Waals surface area contributed by atoms with Gasteiger partial charge >= 0.3 is 5.97 Å². The van der Waals surface area contributed by atoms with Gasteiger partial charge in [-0.2, -0.15) is 0 Å². The molecule has 1 aromatic carbocycles. The lowest BCUT2D eigenvalue weighted by atomic mass is 10.1. The van der Waals surface area contributed by atoms with Crippen LogP contribution >= 0.6 is 11.3 Å². The summed E-state index contributed by atoms with van der Waals surface area (Å²) in [5.41, 5.74) is 3.11. The van der Waals surface area contributed by atoms with E-state index in [1.165, 1.54) is 16.9 Å². The number of hydrogen-bond acceptors (Lipinski definition) is 4. The largest absolute Gasteiger partial charge is 0.486 e. The van der Waals surface area contributed by atoms with Crippen LogP contribution in [0.3, 0.4) is 0 Å². The smallest absolute Gasteiger partial charge is 0.328 e. The Kier molecular flexibility index (Phi) is 4.75. The van der Waals surface area contributed by atoms with Gasteiger partial charge in [0.15, 0.2) is 0 Å². The van der Waals surface area contributed by atoms with Crippen molar-refractivity contribution < 1.29 is 14.6 Å². The van der Waals surface area contributed by atoms with Crippen LogP contribution < -0.4 is 4.74 Å². The number of aryl methyl sites for hydroxylation is 3. The zero-order valence-corrected chi connectivity index (χ0v) is 13.0. The van der Waals surface area contributed by atoms with Crippen LogP contribution in [-0.4, -0.2) is 16.1 Å². The van der Waals surface area contributed by atoms with E-state index < -0.39 is 5.97 Å². The quantitative estimate of drug-likeness (QED) is 0.855. The molecule has 0 saturated carbocycles. The third kappa shape index (κ3) is 4.16. The Balaban J connectivity index is 2.07. The van der Waals surface area contributed by atoms with Crippen molar-refractivity contribution in [1.82, 2.24) is 4.98 Å². The molecule has 21 heavy (non-hydrogen) atoms. The topological polar surface area (TPSA) is 59.4 Å². The third-order valence-corrected chi connectivity index (χ3v) is 4.03. The molecule has 0 amide bonds. The van der Waals surface area contributed by atoms with Crippen LogP contribution in [-0.2, 0) is 11.4 Å². The predicted octanol–water partition coefficient (Wildman–Crippen LogP) is 3.75. The number of nitrogens with zero attached hydrogens (tertiary/aromatic N) is 1. The highest BCUT2D eigenvalue weighted by molar-refractivity contribution is 7.12. The normalized spacial score (nSPS) is 11.0. The molecule has 2 aromatic rings. The van der Waals surface area contributed by atoms with Crippen LogP contribution in [0.2, 0.25) is 0 Å². The maximum absolute atomic E-state index is 10.5. The minimum absolute atomic E-state index is 0.385. The molecule has 110 valence electrons. The van der Waals surface area contributed by atoms with Gasteiger partial charge in [-0.3, -0.25) is 0 Å². The number of thiazole rings is 1. The molecule has 0 unspecified atom stereocenters. The van der Waals surface area contributed by atoms with E-state index in [9.17, 15) is 4.79 Å². The summed E-state index contributed by atoms with van der Waals surface area (Å²) >= 11 is 1.44. The van der Waals surface area contributed by atoms with Crippen molar-refractivity contribution >= 4 is 23.4 Å². The fourth-order valence-corrected chi connectivity index (χ4v) is 2.81. The van der Waals surface area contributed by atoms with E-state index in [1.807, 2.05) is 32.9 Å². The molecule has 0 radical (unpaired) electrons. The van der Waals surface area contributed by atoms with Gasteiger partial charge in [0, 0.05) is 6.08 Å². The van der Waals surface area contributed by atoms with Gasteiger partial charge < -0.3 is 9.84 Å². The number of rotatable bonds is 5. The Morgan fingerprint density at radius 3 is 2.81 bits per heavy atom. The molecule has 0 saturated heterocycles. The summed E-state index contributed by atoms with van der Waals surface area (Å²) in [6.45, 7) is 6.30. The Morgan fingerprint density at radius 1 is 1.38 bits per heavy atom. The highest BCUT2D eigenvalue weighted by atomic mass is 32.1. The van der Waals surface area contributed by atoms with Crippen molar-refractivity contribution in [1.29, 1.82) is 0 Å². The number of hydrogen-bond donors (Lipinski definition) is 1. The van der Waals surface area contributed by atoms with Crippen LogP contribution in [0.25, 0.3) is 6.08 Å². The lowest BCUT2D eigenvalue weighted by Gasteiger charge is -2.07. The monoisotopic (exact) mass is 303 g/mol. The summed E-state index contributed by atoms with van der Waals surface area (Å²) in [6, 6.07) is 6.04. The molecular weight excluding hydrogens is 286 g/mol. The maximum Gasteiger partial charge on any atom is 0.328 e. The average Bonchev–Trinajstić information content (AvgIpc) is 2.76. The fourth-order valence-electron chi connectivity index (χ4n) is 1.93. The van der Waals surface area contributed by atoms with E-state index in [2.05, 4.69) is 11.1 Å². The average molecular weight is 303 g/mol. The van der Waals surface area contributed by atoms with Gasteiger partial charge in [0.05, 0.1) is 10.6 Å². The molecule has 0 aliphatic heterocycles. The van der Waals surface area contributed by atoms with Crippen molar-refractivity contribution in [2.45, 2.75) is 27.4 Å². The van der Waals surface area contributed by atoms with E-state index in [0.717, 1.165) is 33.0 Å². The van der Waals surface area contributed by atoms with Crippen molar-refractivity contribution in [3.05, 3.63) is 51.0 Å². The van der Waals surface area contributed by atoms with E-state index in [4.69, 9.17) is 9.84 Å². The van der Waals surface area contributed by atoms with Gasteiger partial charge in [0.25, 0.3) is 0 Å². The molecule has 0 fully saturated rings. The minimum Gasteiger partial charge on any atom is -0.486 e. The summed E-state index contributed by atoms with van der Waals surface area (Å²) in [7, 11) is 0. The fraction of sp³-hybridized carbons (Fsp3) is 0.250. The highest BCUT2D eigenvalue weighted by Crippen LogP contribution is 2.23. The molecular formula is C16H17NO3S. The summed E-state index contributed by atoms with van der Waals surface area (Å²) in [4.78, 5) is 15.8. The van der Waals surface area contributed by atoms with Crippen LogP contribution in [0.5, 0.6) is 5.75 Å². The van der Waals surface area contributed by atoms with Gasteiger partial charge in [-0.25, -0.2) is 9.78 Å². The minimum atomic E-state index is -0.962. The number of carbonyl (C=O) groups is 1. The first-order valence-corrected chi connectivity index (χ1v) is 7.34. The number of carboxylic acids is 1. The zero-order valence-electron chi connectivity index (χ0n) is 12.2. The van der Waals surface area contributed by atoms with E-state index in [1.54, 1.807) is 6.08 Å². The molecule has 1 N–H and O–H groups in total. The van der Waals surface area contributed by atoms with Crippen molar-refractivity contribution in [2.24, 2.45) is 0 Å². The number of aliphatic carboxylic acids is 1.